The average Bonchev–Trinajstić information content (AvgIpc) is 3.02. The molecule has 0 atom stereocenters. The summed E-state index contributed by atoms with van der Waals surface area (Å²) < 4.78 is 45.6. The van der Waals surface area contributed by atoms with E-state index in [0.717, 1.165) is 16.0 Å². The Morgan fingerprint density at radius 3 is 2.33 bits per heavy atom. The van der Waals surface area contributed by atoms with Gasteiger partial charge in [-0.05, 0) is 39.8 Å². The molecule has 2 aromatic rings. The lowest BCUT2D eigenvalue weighted by Gasteiger charge is -2.12. The number of aryl methyl sites for hydroxylation is 4. The number of alkyl halides is 3. The smallest absolute Gasteiger partial charge is 0.406 e. The largest absolute Gasteiger partial charge is 0.457 e. The number of Topliss-reactive ketones (excluding diaryl/α,β-unsaturated/α-hetero) is 1. The predicted molar refractivity (Wildman–Crippen MR) is 91.6 cm³/mol. The molecular weight excluding hydrogens is 363 g/mol. The van der Waals surface area contributed by atoms with E-state index in [1.165, 1.54) is 19.9 Å². The maximum absolute atomic E-state index is 12.6. The van der Waals surface area contributed by atoms with Gasteiger partial charge >= 0.3 is 12.1 Å². The minimum atomic E-state index is -4.38. The van der Waals surface area contributed by atoms with Crippen LogP contribution in [0.15, 0.2) is 12.1 Å². The van der Waals surface area contributed by atoms with E-state index in [4.69, 9.17) is 4.74 Å². The predicted octanol–water partition coefficient (Wildman–Crippen LogP) is 3.30. The van der Waals surface area contributed by atoms with Gasteiger partial charge in [0.2, 0.25) is 5.78 Å². The number of rotatable bonds is 7. The van der Waals surface area contributed by atoms with Gasteiger partial charge in [-0.1, -0.05) is 0 Å². The molecule has 27 heavy (non-hydrogen) atoms. The number of aromatic nitrogens is 3. The first-order valence-electron chi connectivity index (χ1n) is 8.41. The molecule has 0 amide bonds. The van der Waals surface area contributed by atoms with Gasteiger partial charge in [0.05, 0.1) is 18.7 Å². The van der Waals surface area contributed by atoms with Crippen molar-refractivity contribution in [3.63, 3.8) is 0 Å². The van der Waals surface area contributed by atoms with E-state index in [2.05, 4.69) is 5.10 Å². The molecule has 0 spiro atoms. The Balaban J connectivity index is 1.92. The molecule has 0 bridgehead atoms. The number of ether oxygens (including phenoxy) is 1. The molecule has 2 aromatic heterocycles. The van der Waals surface area contributed by atoms with Gasteiger partial charge in [-0.15, -0.1) is 0 Å². The van der Waals surface area contributed by atoms with Crippen LogP contribution >= 0.6 is 0 Å². The van der Waals surface area contributed by atoms with Crippen molar-refractivity contribution >= 4 is 11.8 Å². The number of hydrogen-bond acceptors (Lipinski definition) is 4. The molecule has 2 rings (SSSR count). The lowest BCUT2D eigenvalue weighted by Crippen LogP contribution is -2.20. The highest BCUT2D eigenvalue weighted by Crippen LogP contribution is 2.23. The van der Waals surface area contributed by atoms with Gasteiger partial charge in [0.15, 0.2) is 6.61 Å². The first-order chi connectivity index (χ1) is 12.5. The van der Waals surface area contributed by atoms with Gasteiger partial charge in [0, 0.05) is 22.6 Å². The lowest BCUT2D eigenvalue weighted by molar-refractivity contribution is -0.143. The van der Waals surface area contributed by atoms with Crippen molar-refractivity contribution in [3.05, 3.63) is 40.5 Å². The van der Waals surface area contributed by atoms with Crippen LogP contribution in [0, 0.1) is 27.7 Å². The van der Waals surface area contributed by atoms with Crippen molar-refractivity contribution in [2.24, 2.45) is 0 Å². The zero-order valence-electron chi connectivity index (χ0n) is 15.7. The normalized spacial score (nSPS) is 11.7. The number of halogens is 3. The molecule has 0 N–H and O–H groups in total. The van der Waals surface area contributed by atoms with Crippen molar-refractivity contribution in [1.29, 1.82) is 0 Å². The number of ketones is 1. The summed E-state index contributed by atoms with van der Waals surface area (Å²) >= 11 is 0. The summed E-state index contributed by atoms with van der Waals surface area (Å²) in [6.07, 6.45) is -4.34. The fraction of sp³-hybridized carbons (Fsp3) is 0.500. The molecule has 0 saturated carbocycles. The quantitative estimate of drug-likeness (QED) is 0.542. The van der Waals surface area contributed by atoms with Crippen LogP contribution in [0.5, 0.6) is 0 Å². The maximum Gasteiger partial charge on any atom is 0.406 e. The number of esters is 1. The van der Waals surface area contributed by atoms with E-state index < -0.39 is 31.1 Å². The minimum Gasteiger partial charge on any atom is -0.457 e. The summed E-state index contributed by atoms with van der Waals surface area (Å²) in [5.41, 5.74) is 2.40. The number of hydrogen-bond donors (Lipinski definition) is 0. The third-order valence-electron chi connectivity index (χ3n) is 4.21. The van der Waals surface area contributed by atoms with Crippen LogP contribution in [0.25, 0.3) is 0 Å². The molecule has 0 aliphatic carbocycles. The molecule has 148 valence electrons. The number of carbonyl (C=O) groups is 2. The van der Waals surface area contributed by atoms with Crippen LogP contribution in [0.4, 0.5) is 13.2 Å². The Bertz CT molecular complexity index is 850. The van der Waals surface area contributed by atoms with E-state index in [-0.39, 0.29) is 17.7 Å². The summed E-state index contributed by atoms with van der Waals surface area (Å²) in [6.45, 7) is 5.30. The van der Waals surface area contributed by atoms with Gasteiger partial charge < -0.3 is 9.30 Å². The van der Waals surface area contributed by atoms with E-state index in [1.54, 1.807) is 4.68 Å². The molecule has 0 aromatic carbocycles. The number of carbonyl (C=O) groups excluding carboxylic acids is 2. The van der Waals surface area contributed by atoms with Crippen molar-refractivity contribution in [2.45, 2.75) is 53.4 Å². The summed E-state index contributed by atoms with van der Waals surface area (Å²) in [4.78, 5) is 24.1. The summed E-state index contributed by atoms with van der Waals surface area (Å²) in [5, 5.41) is 4.23. The second-order valence-corrected chi connectivity index (χ2v) is 6.47. The molecule has 0 radical (unpaired) electrons. The van der Waals surface area contributed by atoms with Crippen LogP contribution in [0.2, 0.25) is 0 Å². The zero-order valence-corrected chi connectivity index (χ0v) is 15.7. The Kier molecular flexibility index (Phi) is 6.12. The second-order valence-electron chi connectivity index (χ2n) is 6.47. The fourth-order valence-corrected chi connectivity index (χ4v) is 2.90. The van der Waals surface area contributed by atoms with E-state index in [1.807, 2.05) is 19.9 Å². The first kappa shape index (κ1) is 20.7. The highest BCUT2D eigenvalue weighted by Gasteiger charge is 2.30. The van der Waals surface area contributed by atoms with Crippen LogP contribution in [-0.2, 0) is 22.6 Å². The summed E-state index contributed by atoms with van der Waals surface area (Å²) in [7, 11) is 0. The van der Waals surface area contributed by atoms with Gasteiger partial charge in [-0.2, -0.15) is 18.3 Å². The zero-order chi connectivity index (χ0) is 20.4. The standard InChI is InChI=1S/C18H22F3N3O3/c1-11-7-13(3)24(22-11)6-5-17(26)27-9-16(25)15-8-12(2)23(14(15)4)10-18(19,20)21/h7-8H,5-6,9-10H2,1-4H3. The van der Waals surface area contributed by atoms with Crippen molar-refractivity contribution in [2.75, 3.05) is 6.61 Å². The Hall–Kier alpha value is -2.58. The molecule has 0 fully saturated rings. The highest BCUT2D eigenvalue weighted by atomic mass is 19.4. The fourth-order valence-electron chi connectivity index (χ4n) is 2.90. The Morgan fingerprint density at radius 1 is 1.11 bits per heavy atom. The Labute approximate surface area is 154 Å². The third-order valence-corrected chi connectivity index (χ3v) is 4.21. The average molecular weight is 385 g/mol. The van der Waals surface area contributed by atoms with Gasteiger partial charge in [0.1, 0.15) is 6.54 Å². The molecule has 6 nitrogen and oxygen atoms in total. The summed E-state index contributed by atoms with van der Waals surface area (Å²) in [6, 6.07) is 3.26. The van der Waals surface area contributed by atoms with Crippen LogP contribution in [0.1, 0.15) is 39.6 Å². The van der Waals surface area contributed by atoms with E-state index >= 15 is 0 Å². The van der Waals surface area contributed by atoms with Crippen LogP contribution in [0.3, 0.4) is 0 Å². The van der Waals surface area contributed by atoms with Crippen LogP contribution in [-0.4, -0.2) is 38.9 Å². The van der Waals surface area contributed by atoms with Crippen molar-refractivity contribution < 1.29 is 27.5 Å². The molecule has 2 heterocycles. The van der Waals surface area contributed by atoms with Crippen LogP contribution < -0.4 is 0 Å². The molecule has 0 aliphatic rings. The van der Waals surface area contributed by atoms with Gasteiger partial charge in [-0.25, -0.2) is 0 Å². The van der Waals surface area contributed by atoms with Gasteiger partial charge in [0.25, 0.3) is 0 Å². The third kappa shape index (κ3) is 5.45. The van der Waals surface area contributed by atoms with E-state index in [0.29, 0.717) is 12.2 Å². The molecule has 9 heteroatoms. The maximum atomic E-state index is 12.6. The lowest BCUT2D eigenvalue weighted by atomic mass is 10.1. The van der Waals surface area contributed by atoms with Crippen molar-refractivity contribution in [1.82, 2.24) is 14.3 Å². The molecular formula is C18H22F3N3O3. The highest BCUT2D eigenvalue weighted by molar-refractivity contribution is 5.99. The molecule has 0 unspecified atom stereocenters. The molecule has 0 aliphatic heterocycles. The monoisotopic (exact) mass is 385 g/mol. The van der Waals surface area contributed by atoms with E-state index in [9.17, 15) is 22.8 Å². The topological polar surface area (TPSA) is 66.1 Å². The SMILES string of the molecule is Cc1cc(C)n(CCC(=O)OCC(=O)c2cc(C)n(CC(F)(F)F)c2C)n1. The minimum absolute atomic E-state index is 0.0440. The first-order valence-corrected chi connectivity index (χ1v) is 8.41. The van der Waals surface area contributed by atoms with Gasteiger partial charge in [-0.3, -0.25) is 14.3 Å². The Morgan fingerprint density at radius 2 is 1.78 bits per heavy atom. The van der Waals surface area contributed by atoms with Crippen molar-refractivity contribution in [3.8, 4) is 0 Å². The number of nitrogens with zero attached hydrogens (tertiary/aromatic N) is 3. The molecule has 0 saturated heterocycles. The second kappa shape index (κ2) is 7.98. The summed E-state index contributed by atoms with van der Waals surface area (Å²) in [5.74, 6) is -1.10.